The van der Waals surface area contributed by atoms with Gasteiger partial charge in [0.15, 0.2) is 0 Å². The first-order valence-electron chi connectivity index (χ1n) is 6.15. The van der Waals surface area contributed by atoms with Crippen molar-refractivity contribution in [2.45, 2.75) is 37.7 Å². The second-order valence-electron chi connectivity index (χ2n) is 4.77. The van der Waals surface area contributed by atoms with Crippen LogP contribution in [-0.2, 0) is 0 Å². The van der Waals surface area contributed by atoms with Crippen LogP contribution in [0.5, 0.6) is 0 Å². The van der Waals surface area contributed by atoms with Crippen LogP contribution in [-0.4, -0.2) is 11.2 Å². The van der Waals surface area contributed by atoms with Crippen LogP contribution in [0, 0.1) is 5.92 Å². The SMILES string of the molecule is C=CC[C@@H]1C[C@H](c2ccccc2)CC[C@H]1O. The van der Waals surface area contributed by atoms with E-state index in [0.717, 1.165) is 25.7 Å². The van der Waals surface area contributed by atoms with E-state index in [2.05, 4.69) is 36.9 Å². The molecule has 0 heterocycles. The Morgan fingerprint density at radius 2 is 2.00 bits per heavy atom. The van der Waals surface area contributed by atoms with E-state index in [-0.39, 0.29) is 6.10 Å². The van der Waals surface area contributed by atoms with Crippen LogP contribution in [0.15, 0.2) is 43.0 Å². The number of allylic oxidation sites excluding steroid dienone is 1. The van der Waals surface area contributed by atoms with E-state index >= 15 is 0 Å². The van der Waals surface area contributed by atoms with Crippen LogP contribution >= 0.6 is 0 Å². The standard InChI is InChI=1S/C15H20O/c1-2-6-14-11-13(9-10-15(14)16)12-7-4-3-5-8-12/h2-5,7-8,13-16H,1,6,9-11H2/t13-,14-,15-/m1/s1. The van der Waals surface area contributed by atoms with Gasteiger partial charge >= 0.3 is 0 Å². The molecule has 1 heteroatoms. The fourth-order valence-electron chi connectivity index (χ4n) is 2.74. The van der Waals surface area contributed by atoms with Crippen molar-refractivity contribution in [3.05, 3.63) is 48.6 Å². The third kappa shape index (κ3) is 2.53. The number of hydrogen-bond donors (Lipinski definition) is 1. The van der Waals surface area contributed by atoms with Gasteiger partial charge in [-0.15, -0.1) is 6.58 Å². The average Bonchev–Trinajstić information content (AvgIpc) is 2.33. The molecule has 0 radical (unpaired) electrons. The minimum atomic E-state index is -0.127. The highest BCUT2D eigenvalue weighted by atomic mass is 16.3. The van der Waals surface area contributed by atoms with Gasteiger partial charge in [0.05, 0.1) is 6.10 Å². The molecule has 1 N–H and O–H groups in total. The van der Waals surface area contributed by atoms with E-state index in [1.807, 2.05) is 6.08 Å². The largest absolute Gasteiger partial charge is 0.393 e. The highest BCUT2D eigenvalue weighted by molar-refractivity contribution is 5.20. The van der Waals surface area contributed by atoms with Crippen LogP contribution in [0.2, 0.25) is 0 Å². The zero-order valence-corrected chi connectivity index (χ0v) is 9.68. The van der Waals surface area contributed by atoms with Gasteiger partial charge in [0, 0.05) is 0 Å². The minimum Gasteiger partial charge on any atom is -0.393 e. The Kier molecular flexibility index (Phi) is 3.79. The number of aliphatic hydroxyl groups excluding tert-OH is 1. The summed E-state index contributed by atoms with van der Waals surface area (Å²) in [6, 6.07) is 10.7. The van der Waals surface area contributed by atoms with Crippen LogP contribution in [0.3, 0.4) is 0 Å². The summed E-state index contributed by atoms with van der Waals surface area (Å²) in [5.41, 5.74) is 1.42. The zero-order chi connectivity index (χ0) is 11.4. The molecule has 0 spiro atoms. The van der Waals surface area contributed by atoms with Crippen molar-refractivity contribution >= 4 is 0 Å². The van der Waals surface area contributed by atoms with Crippen molar-refractivity contribution in [2.24, 2.45) is 5.92 Å². The molecule has 2 rings (SSSR count). The fourth-order valence-corrected chi connectivity index (χ4v) is 2.74. The van der Waals surface area contributed by atoms with Crippen molar-refractivity contribution < 1.29 is 5.11 Å². The van der Waals surface area contributed by atoms with Gasteiger partial charge in [-0.25, -0.2) is 0 Å². The van der Waals surface area contributed by atoms with E-state index in [1.165, 1.54) is 5.56 Å². The van der Waals surface area contributed by atoms with Gasteiger partial charge in [0.1, 0.15) is 0 Å². The minimum absolute atomic E-state index is 0.127. The third-order valence-corrected chi connectivity index (χ3v) is 3.68. The van der Waals surface area contributed by atoms with Gasteiger partial charge in [0.2, 0.25) is 0 Å². The lowest BCUT2D eigenvalue weighted by molar-refractivity contribution is 0.0633. The van der Waals surface area contributed by atoms with E-state index < -0.39 is 0 Å². The lowest BCUT2D eigenvalue weighted by Crippen LogP contribution is -2.27. The quantitative estimate of drug-likeness (QED) is 0.767. The first-order chi connectivity index (χ1) is 7.81. The predicted molar refractivity (Wildman–Crippen MR) is 67.3 cm³/mol. The van der Waals surface area contributed by atoms with Crippen LogP contribution in [0.25, 0.3) is 0 Å². The predicted octanol–water partition coefficient (Wildman–Crippen LogP) is 3.51. The molecule has 86 valence electrons. The molecule has 0 unspecified atom stereocenters. The lowest BCUT2D eigenvalue weighted by atomic mass is 9.75. The van der Waals surface area contributed by atoms with Gasteiger partial charge in [-0.2, -0.15) is 0 Å². The fraction of sp³-hybridized carbons (Fsp3) is 0.467. The Labute approximate surface area is 97.8 Å². The van der Waals surface area contributed by atoms with E-state index in [1.54, 1.807) is 0 Å². The highest BCUT2D eigenvalue weighted by Crippen LogP contribution is 2.37. The molecule has 3 atom stereocenters. The summed E-state index contributed by atoms with van der Waals surface area (Å²) in [6.45, 7) is 3.78. The molecule has 0 amide bonds. The van der Waals surface area contributed by atoms with Crippen molar-refractivity contribution in [1.82, 2.24) is 0 Å². The van der Waals surface area contributed by atoms with E-state index in [9.17, 15) is 5.11 Å². The molecule has 0 saturated heterocycles. The van der Waals surface area contributed by atoms with E-state index in [0.29, 0.717) is 11.8 Å². The molecule has 0 bridgehead atoms. The monoisotopic (exact) mass is 216 g/mol. The van der Waals surface area contributed by atoms with E-state index in [4.69, 9.17) is 0 Å². The molecule has 1 aliphatic carbocycles. The molecular formula is C15H20O. The summed E-state index contributed by atoms with van der Waals surface area (Å²) in [5, 5.41) is 9.92. The van der Waals surface area contributed by atoms with Gasteiger partial charge in [-0.05, 0) is 43.1 Å². The summed E-state index contributed by atoms with van der Waals surface area (Å²) in [5.74, 6) is 1.02. The Morgan fingerprint density at radius 1 is 1.25 bits per heavy atom. The molecular weight excluding hydrogens is 196 g/mol. The first kappa shape index (κ1) is 11.4. The highest BCUT2D eigenvalue weighted by Gasteiger charge is 2.28. The summed E-state index contributed by atoms with van der Waals surface area (Å²) in [4.78, 5) is 0. The Balaban J connectivity index is 2.05. The first-order valence-corrected chi connectivity index (χ1v) is 6.15. The molecule has 1 saturated carbocycles. The van der Waals surface area contributed by atoms with Crippen molar-refractivity contribution in [3.8, 4) is 0 Å². The molecule has 0 aliphatic heterocycles. The second kappa shape index (κ2) is 5.31. The van der Waals surface area contributed by atoms with Crippen LogP contribution in [0.1, 0.15) is 37.2 Å². The Bertz CT molecular complexity index is 331. The summed E-state index contributed by atoms with van der Waals surface area (Å²) < 4.78 is 0. The second-order valence-corrected chi connectivity index (χ2v) is 4.77. The van der Waals surface area contributed by atoms with Gasteiger partial charge < -0.3 is 5.11 Å². The molecule has 1 aliphatic rings. The average molecular weight is 216 g/mol. The van der Waals surface area contributed by atoms with Crippen molar-refractivity contribution in [2.75, 3.05) is 0 Å². The maximum Gasteiger partial charge on any atom is 0.0571 e. The smallest absolute Gasteiger partial charge is 0.0571 e. The summed E-state index contributed by atoms with van der Waals surface area (Å²) in [7, 11) is 0. The molecule has 1 nitrogen and oxygen atoms in total. The molecule has 0 aromatic heterocycles. The number of rotatable bonds is 3. The molecule has 1 fully saturated rings. The topological polar surface area (TPSA) is 20.2 Å². The molecule has 1 aromatic rings. The zero-order valence-electron chi connectivity index (χ0n) is 9.68. The lowest BCUT2D eigenvalue weighted by Gasteiger charge is -2.33. The van der Waals surface area contributed by atoms with Crippen LogP contribution < -0.4 is 0 Å². The maximum atomic E-state index is 9.92. The third-order valence-electron chi connectivity index (χ3n) is 3.68. The Hall–Kier alpha value is -1.08. The van der Waals surface area contributed by atoms with Gasteiger partial charge in [-0.1, -0.05) is 36.4 Å². The Morgan fingerprint density at radius 3 is 2.69 bits per heavy atom. The maximum absolute atomic E-state index is 9.92. The number of hydrogen-bond acceptors (Lipinski definition) is 1. The normalized spacial score (nSPS) is 29.9. The molecule has 1 aromatic carbocycles. The van der Waals surface area contributed by atoms with Gasteiger partial charge in [0.25, 0.3) is 0 Å². The van der Waals surface area contributed by atoms with Crippen LogP contribution in [0.4, 0.5) is 0 Å². The van der Waals surface area contributed by atoms with Crippen molar-refractivity contribution in [1.29, 1.82) is 0 Å². The summed E-state index contributed by atoms with van der Waals surface area (Å²) in [6.07, 6.45) is 5.87. The summed E-state index contributed by atoms with van der Waals surface area (Å²) >= 11 is 0. The van der Waals surface area contributed by atoms with Gasteiger partial charge in [-0.3, -0.25) is 0 Å². The molecule has 16 heavy (non-hydrogen) atoms. The number of aliphatic hydroxyl groups is 1. The van der Waals surface area contributed by atoms with Crippen molar-refractivity contribution in [3.63, 3.8) is 0 Å². The number of benzene rings is 1.